The van der Waals surface area contributed by atoms with Crippen LogP contribution in [0, 0.1) is 0 Å². The molecule has 0 saturated carbocycles. The highest BCUT2D eigenvalue weighted by Crippen LogP contribution is 2.20. The van der Waals surface area contributed by atoms with E-state index in [4.69, 9.17) is 9.47 Å². The molecule has 21 heavy (non-hydrogen) atoms. The van der Waals surface area contributed by atoms with Crippen LogP contribution >= 0.6 is 11.3 Å². The predicted molar refractivity (Wildman–Crippen MR) is 82.7 cm³/mol. The molecule has 2 aromatic rings. The number of thiazole rings is 1. The zero-order valence-electron chi connectivity index (χ0n) is 11.9. The van der Waals surface area contributed by atoms with E-state index in [1.165, 1.54) is 16.9 Å². The first kappa shape index (κ1) is 15.6. The molecule has 112 valence electrons. The number of amides is 1. The zero-order chi connectivity index (χ0) is 14.9. The summed E-state index contributed by atoms with van der Waals surface area (Å²) in [4.78, 5) is 16.9. The third-order valence-corrected chi connectivity index (χ3v) is 3.60. The second-order valence-corrected chi connectivity index (χ2v) is 5.50. The first-order valence-electron chi connectivity index (χ1n) is 6.63. The van der Waals surface area contributed by atoms with Crippen LogP contribution in [0.2, 0.25) is 0 Å². The second-order valence-electron chi connectivity index (χ2n) is 4.39. The van der Waals surface area contributed by atoms with Crippen LogP contribution in [0.25, 0.3) is 0 Å². The lowest BCUT2D eigenvalue weighted by Gasteiger charge is -2.03. The van der Waals surface area contributed by atoms with Crippen LogP contribution < -0.4 is 5.32 Å². The number of ether oxygens (including phenoxy) is 2. The van der Waals surface area contributed by atoms with E-state index in [1.54, 1.807) is 13.3 Å². The predicted octanol–water partition coefficient (Wildman–Crippen LogP) is 2.34. The van der Waals surface area contributed by atoms with E-state index >= 15 is 0 Å². The van der Waals surface area contributed by atoms with Crippen molar-refractivity contribution in [2.24, 2.45) is 0 Å². The Morgan fingerprint density at radius 1 is 1.29 bits per heavy atom. The summed E-state index contributed by atoms with van der Waals surface area (Å²) in [6.45, 7) is 0.893. The van der Waals surface area contributed by atoms with Gasteiger partial charge in [0.05, 0.1) is 13.2 Å². The van der Waals surface area contributed by atoms with Gasteiger partial charge in [-0.3, -0.25) is 10.1 Å². The Labute approximate surface area is 127 Å². The third-order valence-electron chi connectivity index (χ3n) is 2.69. The van der Waals surface area contributed by atoms with E-state index in [0.717, 1.165) is 11.3 Å². The molecule has 1 heterocycles. The Hall–Kier alpha value is -1.76. The van der Waals surface area contributed by atoms with Crippen molar-refractivity contribution in [3.63, 3.8) is 0 Å². The van der Waals surface area contributed by atoms with Crippen molar-refractivity contribution in [1.29, 1.82) is 0 Å². The summed E-state index contributed by atoms with van der Waals surface area (Å²) in [5.74, 6) is -0.202. The molecular formula is C15H18N2O3S. The van der Waals surface area contributed by atoms with E-state index in [-0.39, 0.29) is 12.5 Å². The number of nitrogens with one attached hydrogen (secondary N) is 1. The van der Waals surface area contributed by atoms with Crippen molar-refractivity contribution >= 4 is 22.4 Å². The van der Waals surface area contributed by atoms with Gasteiger partial charge >= 0.3 is 0 Å². The molecule has 6 heteroatoms. The van der Waals surface area contributed by atoms with Crippen molar-refractivity contribution in [2.45, 2.75) is 6.42 Å². The van der Waals surface area contributed by atoms with Crippen LogP contribution in [0.15, 0.2) is 36.5 Å². The van der Waals surface area contributed by atoms with Crippen LogP contribution in [0.4, 0.5) is 5.13 Å². The molecule has 0 bridgehead atoms. The minimum absolute atomic E-state index is 0.0109. The SMILES string of the molecule is COCCOCC(=O)Nc1ncc(Cc2ccccc2)s1. The number of carbonyl (C=O) groups excluding carboxylic acids is 1. The van der Waals surface area contributed by atoms with Crippen LogP contribution in [-0.4, -0.2) is 37.8 Å². The lowest BCUT2D eigenvalue weighted by molar-refractivity contribution is -0.121. The summed E-state index contributed by atoms with van der Waals surface area (Å²) < 4.78 is 9.99. The molecule has 1 aromatic carbocycles. The fourth-order valence-electron chi connectivity index (χ4n) is 1.71. The van der Waals surface area contributed by atoms with Gasteiger partial charge in [0.1, 0.15) is 6.61 Å². The van der Waals surface area contributed by atoms with Gasteiger partial charge in [-0.05, 0) is 5.56 Å². The van der Waals surface area contributed by atoms with Crippen molar-refractivity contribution < 1.29 is 14.3 Å². The van der Waals surface area contributed by atoms with Gasteiger partial charge in [0.15, 0.2) is 5.13 Å². The van der Waals surface area contributed by atoms with Gasteiger partial charge in [-0.25, -0.2) is 4.98 Å². The monoisotopic (exact) mass is 306 g/mol. The summed E-state index contributed by atoms with van der Waals surface area (Å²) in [7, 11) is 1.59. The normalized spacial score (nSPS) is 10.5. The van der Waals surface area contributed by atoms with Gasteiger partial charge in [0.25, 0.3) is 5.91 Å². The van der Waals surface area contributed by atoms with Gasteiger partial charge in [-0.2, -0.15) is 0 Å². The Bertz CT molecular complexity index is 557. The minimum Gasteiger partial charge on any atom is -0.382 e. The van der Waals surface area contributed by atoms with E-state index in [9.17, 15) is 4.79 Å². The molecule has 0 aliphatic carbocycles. The molecule has 0 spiro atoms. The highest BCUT2D eigenvalue weighted by Gasteiger charge is 2.07. The van der Waals surface area contributed by atoms with Gasteiger partial charge in [-0.1, -0.05) is 30.3 Å². The summed E-state index contributed by atoms with van der Waals surface area (Å²) in [6.07, 6.45) is 2.61. The van der Waals surface area contributed by atoms with Crippen molar-refractivity contribution in [2.75, 3.05) is 32.2 Å². The van der Waals surface area contributed by atoms with Gasteiger partial charge in [0.2, 0.25) is 0 Å². The molecule has 0 fully saturated rings. The number of rotatable bonds is 8. The van der Waals surface area contributed by atoms with Gasteiger partial charge < -0.3 is 9.47 Å². The zero-order valence-corrected chi connectivity index (χ0v) is 12.7. The number of aromatic nitrogens is 1. The Kier molecular flexibility index (Phi) is 6.33. The summed E-state index contributed by atoms with van der Waals surface area (Å²) in [5.41, 5.74) is 1.22. The van der Waals surface area contributed by atoms with Gasteiger partial charge in [0, 0.05) is 24.6 Å². The standard InChI is InChI=1S/C15H18N2O3S/c1-19-7-8-20-11-14(18)17-15-16-10-13(21-15)9-12-5-3-2-4-6-12/h2-6,10H,7-9,11H2,1H3,(H,16,17,18). The molecule has 0 unspecified atom stereocenters. The van der Waals surface area contributed by atoms with E-state index in [0.29, 0.717) is 18.3 Å². The minimum atomic E-state index is -0.202. The molecule has 0 saturated heterocycles. The van der Waals surface area contributed by atoms with E-state index < -0.39 is 0 Å². The second kappa shape index (κ2) is 8.51. The number of methoxy groups -OCH3 is 1. The molecule has 0 aliphatic rings. The first-order chi connectivity index (χ1) is 10.3. The molecule has 0 atom stereocenters. The molecular weight excluding hydrogens is 288 g/mol. The maximum atomic E-state index is 11.6. The average Bonchev–Trinajstić information content (AvgIpc) is 2.92. The molecule has 1 amide bonds. The highest BCUT2D eigenvalue weighted by molar-refractivity contribution is 7.15. The maximum absolute atomic E-state index is 11.6. The lowest BCUT2D eigenvalue weighted by Crippen LogP contribution is -2.19. The van der Waals surface area contributed by atoms with Crippen molar-refractivity contribution in [3.8, 4) is 0 Å². The van der Waals surface area contributed by atoms with Crippen LogP contribution in [-0.2, 0) is 20.7 Å². The number of carbonyl (C=O) groups is 1. The Morgan fingerprint density at radius 2 is 2.10 bits per heavy atom. The molecule has 1 N–H and O–H groups in total. The fourth-order valence-corrected chi connectivity index (χ4v) is 2.57. The molecule has 0 aliphatic heterocycles. The number of hydrogen-bond acceptors (Lipinski definition) is 5. The smallest absolute Gasteiger partial charge is 0.252 e. The fraction of sp³-hybridized carbons (Fsp3) is 0.333. The topological polar surface area (TPSA) is 60.5 Å². The molecule has 0 radical (unpaired) electrons. The van der Waals surface area contributed by atoms with Crippen LogP contribution in [0.5, 0.6) is 0 Å². The summed E-state index contributed by atoms with van der Waals surface area (Å²) in [6, 6.07) is 10.2. The largest absolute Gasteiger partial charge is 0.382 e. The number of nitrogens with zero attached hydrogens (tertiary/aromatic N) is 1. The van der Waals surface area contributed by atoms with Crippen molar-refractivity contribution in [3.05, 3.63) is 47.0 Å². The first-order valence-corrected chi connectivity index (χ1v) is 7.44. The quantitative estimate of drug-likeness (QED) is 0.760. The third kappa shape index (κ3) is 5.63. The van der Waals surface area contributed by atoms with E-state index in [1.807, 2.05) is 18.2 Å². The molecule has 2 rings (SSSR count). The lowest BCUT2D eigenvalue weighted by atomic mass is 10.1. The summed E-state index contributed by atoms with van der Waals surface area (Å²) >= 11 is 1.48. The van der Waals surface area contributed by atoms with Crippen LogP contribution in [0.3, 0.4) is 0 Å². The number of anilines is 1. The maximum Gasteiger partial charge on any atom is 0.252 e. The van der Waals surface area contributed by atoms with Gasteiger partial charge in [-0.15, -0.1) is 11.3 Å². The summed E-state index contributed by atoms with van der Waals surface area (Å²) in [5, 5.41) is 3.33. The van der Waals surface area contributed by atoms with Crippen molar-refractivity contribution in [1.82, 2.24) is 4.98 Å². The van der Waals surface area contributed by atoms with E-state index in [2.05, 4.69) is 22.4 Å². The Morgan fingerprint density at radius 3 is 2.86 bits per heavy atom. The molecule has 1 aromatic heterocycles. The van der Waals surface area contributed by atoms with Crippen LogP contribution in [0.1, 0.15) is 10.4 Å². The average molecular weight is 306 g/mol. The highest BCUT2D eigenvalue weighted by atomic mass is 32.1. The number of benzene rings is 1. The Balaban J connectivity index is 1.79. The molecule has 5 nitrogen and oxygen atoms in total. The number of hydrogen-bond donors (Lipinski definition) is 1.